The average Bonchev–Trinajstić information content (AvgIpc) is 3.45. The molecule has 0 fully saturated rings. The Morgan fingerprint density at radius 2 is 0.613 bits per heavy atom. The van der Waals surface area contributed by atoms with E-state index in [9.17, 15) is 28.9 Å². The number of allylic oxidation sites excluding steroid dienone is 4. The molecule has 0 spiro atoms. The van der Waals surface area contributed by atoms with Crippen molar-refractivity contribution in [3.63, 3.8) is 0 Å². The highest BCUT2D eigenvalue weighted by Crippen LogP contribution is 2.43. The van der Waals surface area contributed by atoms with Gasteiger partial charge in [0.05, 0.1) is 19.8 Å². The highest BCUT2D eigenvalue weighted by Gasteiger charge is 2.28. The molecule has 0 aliphatic rings. The van der Waals surface area contributed by atoms with Crippen molar-refractivity contribution in [2.75, 3.05) is 26.4 Å². The number of rotatable bonds is 65. The van der Waals surface area contributed by atoms with Crippen molar-refractivity contribution >= 4 is 25.7 Å². The fraction of sp³-hybridized carbons (Fsp3) is 0.897. The molecule has 2 N–H and O–H groups in total. The Bertz CT molecular complexity index is 1440. The summed E-state index contributed by atoms with van der Waals surface area (Å²) in [6.45, 7) is 4.72. The lowest BCUT2D eigenvalue weighted by molar-refractivity contribution is -0.161. The van der Waals surface area contributed by atoms with Crippen molar-refractivity contribution in [2.24, 2.45) is 0 Å². The number of aliphatic hydroxyl groups is 1. The van der Waals surface area contributed by atoms with Crippen molar-refractivity contribution < 1.29 is 52.2 Å². The second-order valence-electron chi connectivity index (χ2n) is 23.4. The zero-order valence-corrected chi connectivity index (χ0v) is 53.5. The number of ether oxygens (including phenoxy) is 3. The molecule has 0 radical (unpaired) electrons. The van der Waals surface area contributed by atoms with Crippen LogP contribution in [0.25, 0.3) is 0 Å². The fourth-order valence-electron chi connectivity index (χ4n) is 10.2. The van der Waals surface area contributed by atoms with Gasteiger partial charge in [-0.2, -0.15) is 0 Å². The maximum Gasteiger partial charge on any atom is 0.472 e. The molecule has 0 saturated carbocycles. The van der Waals surface area contributed by atoms with Crippen LogP contribution in [0.4, 0.5) is 0 Å². The van der Waals surface area contributed by atoms with Crippen LogP contribution in [-0.4, -0.2) is 66.5 Å². The summed E-state index contributed by atoms with van der Waals surface area (Å²) in [5, 5.41) is 9.86. The average molecular weight is 1150 g/mol. The summed E-state index contributed by atoms with van der Waals surface area (Å²) in [4.78, 5) is 48.8. The molecule has 3 atom stereocenters. The molecule has 0 heterocycles. The Balaban J connectivity index is 4.64. The Morgan fingerprint density at radius 1 is 0.350 bits per heavy atom. The molecular weight excluding hydrogens is 1020 g/mol. The topological polar surface area (TPSA) is 155 Å². The van der Waals surface area contributed by atoms with Crippen molar-refractivity contribution in [1.82, 2.24) is 0 Å². The number of hydrogen-bond acceptors (Lipinski definition) is 10. The molecule has 0 bridgehead atoms. The van der Waals surface area contributed by atoms with Crippen LogP contribution < -0.4 is 0 Å². The SMILES string of the molecule is CCCCC/C=C\C/C=C\CCCCCCCCCCCC(=O)OCC(COP(=O)(O)OCC(CO)OC(=O)CCCCCCCCCCCCCCCCC)OC(=O)CCCCCCCCCCCCCCCCCCCCC. The van der Waals surface area contributed by atoms with E-state index >= 15 is 0 Å². The van der Waals surface area contributed by atoms with Gasteiger partial charge in [-0.25, -0.2) is 4.57 Å². The van der Waals surface area contributed by atoms with E-state index in [4.69, 9.17) is 23.3 Å². The predicted molar refractivity (Wildman–Crippen MR) is 335 cm³/mol. The molecular formula is C68H129O11P. The molecule has 11 nitrogen and oxygen atoms in total. The van der Waals surface area contributed by atoms with Gasteiger partial charge in [0.25, 0.3) is 0 Å². The normalized spacial score (nSPS) is 13.3. The lowest BCUT2D eigenvalue weighted by atomic mass is 10.0. The first-order valence-corrected chi connectivity index (χ1v) is 35.7. The van der Waals surface area contributed by atoms with Gasteiger partial charge in [-0.3, -0.25) is 23.4 Å². The number of phosphoric acid groups is 1. The lowest BCUT2D eigenvalue weighted by Gasteiger charge is -2.21. The maximum absolute atomic E-state index is 13.0. The second kappa shape index (κ2) is 63.0. The third kappa shape index (κ3) is 60.5. The van der Waals surface area contributed by atoms with Gasteiger partial charge < -0.3 is 24.2 Å². The van der Waals surface area contributed by atoms with Gasteiger partial charge in [0.15, 0.2) is 6.10 Å². The number of carbonyl (C=O) groups is 3. The highest BCUT2D eigenvalue weighted by atomic mass is 31.2. The van der Waals surface area contributed by atoms with Crippen LogP contribution in [-0.2, 0) is 42.2 Å². The van der Waals surface area contributed by atoms with Crippen LogP contribution in [0.15, 0.2) is 24.3 Å². The lowest BCUT2D eigenvalue weighted by Crippen LogP contribution is -2.30. The van der Waals surface area contributed by atoms with Gasteiger partial charge in [-0.05, 0) is 51.4 Å². The second-order valence-corrected chi connectivity index (χ2v) is 24.8. The van der Waals surface area contributed by atoms with E-state index in [1.54, 1.807) is 0 Å². The summed E-state index contributed by atoms with van der Waals surface area (Å²) in [7, 11) is -4.75. The van der Waals surface area contributed by atoms with Crippen LogP contribution >= 0.6 is 7.82 Å². The van der Waals surface area contributed by atoms with Crippen molar-refractivity contribution in [1.29, 1.82) is 0 Å². The zero-order chi connectivity index (χ0) is 58.3. The van der Waals surface area contributed by atoms with Gasteiger partial charge in [0.2, 0.25) is 0 Å². The number of hydrogen-bond donors (Lipinski definition) is 2. The summed E-state index contributed by atoms with van der Waals surface area (Å²) in [5.41, 5.74) is 0. The van der Waals surface area contributed by atoms with Crippen LogP contribution in [0.5, 0.6) is 0 Å². The minimum atomic E-state index is -4.75. The molecule has 0 aromatic carbocycles. The number of unbranched alkanes of at least 4 members (excludes halogenated alkanes) is 44. The molecule has 0 aliphatic carbocycles. The molecule has 0 rings (SSSR count). The summed E-state index contributed by atoms with van der Waals surface area (Å²) in [5.74, 6) is -1.43. The molecule has 3 unspecified atom stereocenters. The molecule has 0 aliphatic heterocycles. The van der Waals surface area contributed by atoms with E-state index < -0.39 is 57.8 Å². The minimum Gasteiger partial charge on any atom is -0.462 e. The minimum absolute atomic E-state index is 0.175. The quantitative estimate of drug-likeness (QED) is 0.0197. The van der Waals surface area contributed by atoms with Crippen LogP contribution in [0.1, 0.15) is 355 Å². The summed E-state index contributed by atoms with van der Waals surface area (Å²) in [6, 6.07) is 0. The van der Waals surface area contributed by atoms with Gasteiger partial charge in [0, 0.05) is 19.3 Å². The van der Waals surface area contributed by atoms with E-state index in [1.165, 1.54) is 225 Å². The highest BCUT2D eigenvalue weighted by molar-refractivity contribution is 7.47. The Labute approximate surface area is 493 Å². The number of carbonyl (C=O) groups excluding carboxylic acids is 3. The summed E-state index contributed by atoms with van der Waals surface area (Å²) >= 11 is 0. The fourth-order valence-corrected chi connectivity index (χ4v) is 10.9. The van der Waals surface area contributed by atoms with Gasteiger partial charge in [0.1, 0.15) is 12.7 Å². The molecule has 0 aromatic heterocycles. The van der Waals surface area contributed by atoms with Crippen LogP contribution in [0, 0.1) is 0 Å². The molecule has 0 aromatic rings. The number of phosphoric ester groups is 1. The summed E-state index contributed by atoms with van der Waals surface area (Å²) in [6.07, 6.45) is 66.9. The first kappa shape index (κ1) is 78.0. The standard InChI is InChI=1S/C68H129O11P/c1-4-7-10-13-16-19-22-25-28-30-32-34-37-39-42-45-48-51-54-57-66(70)75-61-65(79-68(72)59-56-53-50-47-44-41-38-35-33-31-29-26-23-20-17-14-11-8-5-2)63-77-80(73,74)76-62-64(60-69)78-67(71)58-55-52-49-46-43-40-36-27-24-21-18-15-12-9-6-3/h16,19,25,28,64-65,69H,4-15,17-18,20-24,26-27,29-63H2,1-3H3,(H,73,74)/b19-16-,28-25-. The number of aliphatic hydroxyl groups excluding tert-OH is 1. The predicted octanol–water partition coefficient (Wildman–Crippen LogP) is 20.9. The molecule has 472 valence electrons. The molecule has 12 heteroatoms. The molecule has 80 heavy (non-hydrogen) atoms. The largest absolute Gasteiger partial charge is 0.472 e. The monoisotopic (exact) mass is 1150 g/mol. The third-order valence-electron chi connectivity index (χ3n) is 15.4. The van der Waals surface area contributed by atoms with Crippen LogP contribution in [0.2, 0.25) is 0 Å². The third-order valence-corrected chi connectivity index (χ3v) is 16.3. The van der Waals surface area contributed by atoms with E-state index in [-0.39, 0.29) is 25.9 Å². The Hall–Kier alpha value is -2.04. The maximum atomic E-state index is 13.0. The molecule has 0 amide bonds. The first-order valence-electron chi connectivity index (χ1n) is 34.2. The summed E-state index contributed by atoms with van der Waals surface area (Å²) < 4.78 is 39.8. The van der Waals surface area contributed by atoms with Gasteiger partial charge >= 0.3 is 25.7 Å². The first-order chi connectivity index (χ1) is 39.2. The van der Waals surface area contributed by atoms with Gasteiger partial charge in [-0.15, -0.1) is 0 Å². The van der Waals surface area contributed by atoms with Crippen molar-refractivity contribution in [2.45, 2.75) is 367 Å². The Morgan fingerprint density at radius 3 is 0.950 bits per heavy atom. The van der Waals surface area contributed by atoms with Crippen molar-refractivity contribution in [3.05, 3.63) is 24.3 Å². The number of esters is 3. The smallest absolute Gasteiger partial charge is 0.462 e. The van der Waals surface area contributed by atoms with E-state index in [0.717, 1.165) is 70.6 Å². The Kier molecular flexibility index (Phi) is 61.4. The van der Waals surface area contributed by atoms with E-state index in [0.29, 0.717) is 19.3 Å². The van der Waals surface area contributed by atoms with E-state index in [2.05, 4.69) is 45.1 Å². The molecule has 0 saturated heterocycles. The van der Waals surface area contributed by atoms with Gasteiger partial charge in [-0.1, -0.05) is 308 Å². The van der Waals surface area contributed by atoms with Crippen LogP contribution in [0.3, 0.4) is 0 Å². The zero-order valence-electron chi connectivity index (χ0n) is 52.6. The van der Waals surface area contributed by atoms with Crippen molar-refractivity contribution in [3.8, 4) is 0 Å². The van der Waals surface area contributed by atoms with E-state index in [1.807, 2.05) is 0 Å².